The number of benzene rings is 2. The molecule has 0 aliphatic heterocycles. The van der Waals surface area contributed by atoms with E-state index in [-0.39, 0.29) is 4.90 Å². The van der Waals surface area contributed by atoms with E-state index < -0.39 is 15.8 Å². The Kier molecular flexibility index (Phi) is 3.57. The van der Waals surface area contributed by atoms with Gasteiger partial charge in [-0.2, -0.15) is 0 Å². The number of nitrogens with one attached hydrogen (secondary N) is 1. The van der Waals surface area contributed by atoms with E-state index in [9.17, 15) is 12.8 Å². The number of anilines is 1. The Morgan fingerprint density at radius 1 is 1.00 bits per heavy atom. The molecule has 0 aromatic heterocycles. The normalized spacial score (nSPS) is 11.3. The molecule has 0 bridgehead atoms. The van der Waals surface area contributed by atoms with Crippen LogP contribution in [-0.2, 0) is 10.0 Å². The van der Waals surface area contributed by atoms with Crippen LogP contribution < -0.4 is 4.72 Å². The molecule has 2 aromatic rings. The van der Waals surface area contributed by atoms with Crippen molar-refractivity contribution >= 4 is 15.7 Å². The van der Waals surface area contributed by atoms with Gasteiger partial charge in [0.15, 0.2) is 0 Å². The van der Waals surface area contributed by atoms with Crippen LogP contribution >= 0.6 is 0 Å². The summed E-state index contributed by atoms with van der Waals surface area (Å²) >= 11 is 0. The highest BCUT2D eigenvalue weighted by atomic mass is 32.2. The van der Waals surface area contributed by atoms with Gasteiger partial charge in [-0.05, 0) is 49.7 Å². The second-order valence-electron chi connectivity index (χ2n) is 4.38. The van der Waals surface area contributed by atoms with Crippen LogP contribution in [0.2, 0.25) is 0 Å². The van der Waals surface area contributed by atoms with Gasteiger partial charge in [0, 0.05) is 5.69 Å². The Morgan fingerprint density at radius 3 is 2.21 bits per heavy atom. The van der Waals surface area contributed by atoms with E-state index in [1.807, 2.05) is 19.1 Å². The molecule has 0 radical (unpaired) electrons. The molecule has 5 heteroatoms. The maximum absolute atomic E-state index is 13.0. The topological polar surface area (TPSA) is 46.2 Å². The first-order valence-corrected chi connectivity index (χ1v) is 7.22. The van der Waals surface area contributed by atoms with Crippen molar-refractivity contribution in [2.75, 3.05) is 4.72 Å². The summed E-state index contributed by atoms with van der Waals surface area (Å²) in [6.45, 7) is 3.48. The molecule has 3 nitrogen and oxygen atoms in total. The fourth-order valence-electron chi connectivity index (χ4n) is 1.75. The molecular formula is C14H14FNO2S. The highest BCUT2D eigenvalue weighted by molar-refractivity contribution is 7.92. The number of sulfonamides is 1. The Bertz CT molecular complexity index is 694. The number of halogens is 1. The fourth-order valence-corrected chi connectivity index (χ4v) is 3.03. The van der Waals surface area contributed by atoms with E-state index in [4.69, 9.17) is 0 Å². The third-order valence-electron chi connectivity index (χ3n) is 2.73. The highest BCUT2D eigenvalue weighted by Gasteiger charge is 2.17. The van der Waals surface area contributed by atoms with Crippen molar-refractivity contribution in [1.82, 2.24) is 0 Å². The molecule has 0 aliphatic rings. The number of hydrogen-bond acceptors (Lipinski definition) is 2. The van der Waals surface area contributed by atoms with Crippen LogP contribution in [0.15, 0.2) is 47.4 Å². The van der Waals surface area contributed by atoms with Crippen LogP contribution in [0.4, 0.5) is 10.1 Å². The fraction of sp³-hybridized carbons (Fsp3) is 0.143. The van der Waals surface area contributed by atoms with Crippen LogP contribution in [0.3, 0.4) is 0 Å². The SMILES string of the molecule is Cc1ccc(NS(=O)(=O)c2ccc(F)cc2C)cc1. The van der Waals surface area contributed by atoms with E-state index in [0.29, 0.717) is 11.3 Å². The summed E-state index contributed by atoms with van der Waals surface area (Å²) in [5, 5.41) is 0. The van der Waals surface area contributed by atoms with E-state index in [1.165, 1.54) is 12.1 Å². The van der Waals surface area contributed by atoms with E-state index >= 15 is 0 Å². The molecule has 0 fully saturated rings. The minimum Gasteiger partial charge on any atom is -0.280 e. The molecule has 100 valence electrons. The van der Waals surface area contributed by atoms with Crippen molar-refractivity contribution in [3.63, 3.8) is 0 Å². The number of aryl methyl sites for hydroxylation is 2. The monoisotopic (exact) mass is 279 g/mol. The van der Waals surface area contributed by atoms with Gasteiger partial charge in [-0.3, -0.25) is 4.72 Å². The summed E-state index contributed by atoms with van der Waals surface area (Å²) in [5.74, 6) is -0.452. The molecule has 0 saturated heterocycles. The molecule has 0 atom stereocenters. The Morgan fingerprint density at radius 2 is 1.63 bits per heavy atom. The molecule has 0 aliphatic carbocycles. The van der Waals surface area contributed by atoms with E-state index in [2.05, 4.69) is 4.72 Å². The van der Waals surface area contributed by atoms with Gasteiger partial charge in [-0.1, -0.05) is 17.7 Å². The summed E-state index contributed by atoms with van der Waals surface area (Å²) in [6.07, 6.45) is 0. The van der Waals surface area contributed by atoms with Gasteiger partial charge < -0.3 is 0 Å². The summed E-state index contributed by atoms with van der Waals surface area (Å²) < 4.78 is 39.8. The van der Waals surface area contributed by atoms with Gasteiger partial charge in [0.2, 0.25) is 0 Å². The molecule has 0 saturated carbocycles. The zero-order chi connectivity index (χ0) is 14.0. The Balaban J connectivity index is 2.35. The van der Waals surface area contributed by atoms with Crippen molar-refractivity contribution < 1.29 is 12.8 Å². The second kappa shape index (κ2) is 5.01. The van der Waals surface area contributed by atoms with Gasteiger partial charge in [-0.25, -0.2) is 12.8 Å². The molecule has 2 aromatic carbocycles. The predicted molar refractivity (Wildman–Crippen MR) is 73.1 cm³/mol. The largest absolute Gasteiger partial charge is 0.280 e. The maximum atomic E-state index is 13.0. The lowest BCUT2D eigenvalue weighted by Crippen LogP contribution is -2.14. The third kappa shape index (κ3) is 3.12. The van der Waals surface area contributed by atoms with Crippen LogP contribution in [0.1, 0.15) is 11.1 Å². The molecule has 0 unspecified atom stereocenters. The molecular weight excluding hydrogens is 265 g/mol. The molecule has 19 heavy (non-hydrogen) atoms. The van der Waals surface area contributed by atoms with E-state index in [0.717, 1.165) is 11.6 Å². The maximum Gasteiger partial charge on any atom is 0.262 e. The Labute approximate surface area is 112 Å². The second-order valence-corrected chi connectivity index (χ2v) is 6.03. The molecule has 1 N–H and O–H groups in total. The molecule has 0 spiro atoms. The average Bonchev–Trinajstić information content (AvgIpc) is 2.31. The highest BCUT2D eigenvalue weighted by Crippen LogP contribution is 2.20. The lowest BCUT2D eigenvalue weighted by atomic mass is 10.2. The predicted octanol–water partition coefficient (Wildman–Crippen LogP) is 3.24. The molecule has 0 amide bonds. The third-order valence-corrected chi connectivity index (χ3v) is 4.27. The number of hydrogen-bond donors (Lipinski definition) is 1. The van der Waals surface area contributed by atoms with Crippen molar-refractivity contribution in [3.8, 4) is 0 Å². The van der Waals surface area contributed by atoms with Crippen LogP contribution in [0.25, 0.3) is 0 Å². The average molecular weight is 279 g/mol. The van der Waals surface area contributed by atoms with Crippen LogP contribution in [0.5, 0.6) is 0 Å². The van der Waals surface area contributed by atoms with Gasteiger partial charge in [0.25, 0.3) is 10.0 Å². The first kappa shape index (κ1) is 13.5. The zero-order valence-corrected chi connectivity index (χ0v) is 11.5. The van der Waals surface area contributed by atoms with Crippen molar-refractivity contribution in [3.05, 3.63) is 59.4 Å². The van der Waals surface area contributed by atoms with Crippen LogP contribution in [-0.4, -0.2) is 8.42 Å². The standard InChI is InChI=1S/C14H14FNO2S/c1-10-3-6-13(7-4-10)16-19(17,18)14-8-5-12(15)9-11(14)2/h3-9,16H,1-2H3. The lowest BCUT2D eigenvalue weighted by molar-refractivity contribution is 0.598. The van der Waals surface area contributed by atoms with Crippen molar-refractivity contribution in [1.29, 1.82) is 0 Å². The zero-order valence-electron chi connectivity index (χ0n) is 10.6. The van der Waals surface area contributed by atoms with E-state index in [1.54, 1.807) is 19.1 Å². The smallest absolute Gasteiger partial charge is 0.262 e. The van der Waals surface area contributed by atoms with Gasteiger partial charge in [-0.15, -0.1) is 0 Å². The van der Waals surface area contributed by atoms with Gasteiger partial charge >= 0.3 is 0 Å². The summed E-state index contributed by atoms with van der Waals surface area (Å²) in [4.78, 5) is 0.0782. The minimum absolute atomic E-state index is 0.0782. The molecule has 0 heterocycles. The minimum atomic E-state index is -3.69. The number of rotatable bonds is 3. The van der Waals surface area contributed by atoms with Gasteiger partial charge in [0.1, 0.15) is 5.82 Å². The van der Waals surface area contributed by atoms with Gasteiger partial charge in [0.05, 0.1) is 4.90 Å². The summed E-state index contributed by atoms with van der Waals surface area (Å²) in [5.41, 5.74) is 1.90. The molecule has 2 rings (SSSR count). The Hall–Kier alpha value is -1.88. The first-order valence-electron chi connectivity index (χ1n) is 5.74. The lowest BCUT2D eigenvalue weighted by Gasteiger charge is -2.10. The van der Waals surface area contributed by atoms with Crippen molar-refractivity contribution in [2.45, 2.75) is 18.7 Å². The summed E-state index contributed by atoms with van der Waals surface area (Å²) in [6, 6.07) is 10.6. The first-order chi connectivity index (χ1) is 8.88. The van der Waals surface area contributed by atoms with Crippen LogP contribution in [0, 0.1) is 19.7 Å². The summed E-state index contributed by atoms with van der Waals surface area (Å²) in [7, 11) is -3.69. The van der Waals surface area contributed by atoms with Crippen molar-refractivity contribution in [2.24, 2.45) is 0 Å². The quantitative estimate of drug-likeness (QED) is 0.937.